The highest BCUT2D eigenvalue weighted by Crippen LogP contribution is 2.39. The van der Waals surface area contributed by atoms with Crippen LogP contribution < -0.4 is 19.9 Å². The van der Waals surface area contributed by atoms with Crippen LogP contribution >= 0.6 is 0 Å². The average Bonchev–Trinajstić information content (AvgIpc) is 2.53. The summed E-state index contributed by atoms with van der Waals surface area (Å²) in [6.45, 7) is 2.43. The van der Waals surface area contributed by atoms with Crippen LogP contribution in [0.5, 0.6) is 17.2 Å². The van der Waals surface area contributed by atoms with Gasteiger partial charge in [-0.1, -0.05) is 30.3 Å². The van der Waals surface area contributed by atoms with E-state index in [0.717, 1.165) is 17.5 Å². The van der Waals surface area contributed by atoms with E-state index in [2.05, 4.69) is 0 Å². The standard InChI is InChI=1S/C18H23NO3/c1-13(19)9-15-10-16(20-2)18(17(11-15)21-3)22-12-14-7-5-4-6-8-14/h4-8,10-11,13H,9,12,19H2,1-3H3/t13-/m1/s1. The third-order valence-corrected chi connectivity index (χ3v) is 3.30. The molecule has 2 aromatic carbocycles. The largest absolute Gasteiger partial charge is 0.493 e. The van der Waals surface area contributed by atoms with Gasteiger partial charge in [-0.15, -0.1) is 0 Å². The minimum absolute atomic E-state index is 0.0745. The summed E-state index contributed by atoms with van der Waals surface area (Å²) < 4.78 is 16.8. The van der Waals surface area contributed by atoms with Crippen molar-refractivity contribution in [3.8, 4) is 17.2 Å². The summed E-state index contributed by atoms with van der Waals surface area (Å²) in [5.41, 5.74) is 8.02. The van der Waals surface area contributed by atoms with E-state index in [1.807, 2.05) is 49.4 Å². The van der Waals surface area contributed by atoms with Gasteiger partial charge in [0.15, 0.2) is 11.5 Å². The topological polar surface area (TPSA) is 53.7 Å². The maximum atomic E-state index is 5.91. The number of hydrogen-bond donors (Lipinski definition) is 1. The Bertz CT molecular complexity index is 572. The quantitative estimate of drug-likeness (QED) is 0.853. The van der Waals surface area contributed by atoms with Crippen LogP contribution in [0.15, 0.2) is 42.5 Å². The van der Waals surface area contributed by atoms with Gasteiger partial charge in [-0.3, -0.25) is 0 Å². The van der Waals surface area contributed by atoms with Gasteiger partial charge in [0.1, 0.15) is 6.61 Å². The van der Waals surface area contributed by atoms with Crippen LogP contribution in [0.3, 0.4) is 0 Å². The Balaban J connectivity index is 2.25. The van der Waals surface area contributed by atoms with Crippen LogP contribution in [0.1, 0.15) is 18.1 Å². The van der Waals surface area contributed by atoms with Gasteiger partial charge in [0.25, 0.3) is 0 Å². The molecule has 4 heteroatoms. The van der Waals surface area contributed by atoms with Crippen LogP contribution in [0.25, 0.3) is 0 Å². The lowest BCUT2D eigenvalue weighted by molar-refractivity contribution is 0.265. The van der Waals surface area contributed by atoms with Crippen molar-refractivity contribution < 1.29 is 14.2 Å². The van der Waals surface area contributed by atoms with Gasteiger partial charge in [0.2, 0.25) is 5.75 Å². The second kappa shape index (κ2) is 7.71. The third-order valence-electron chi connectivity index (χ3n) is 3.30. The summed E-state index contributed by atoms with van der Waals surface area (Å²) in [6, 6.07) is 14.0. The molecule has 4 nitrogen and oxygen atoms in total. The molecule has 0 aliphatic carbocycles. The van der Waals surface area contributed by atoms with Gasteiger partial charge in [-0.25, -0.2) is 0 Å². The van der Waals surface area contributed by atoms with Gasteiger partial charge in [-0.2, -0.15) is 0 Å². The van der Waals surface area contributed by atoms with E-state index < -0.39 is 0 Å². The third kappa shape index (κ3) is 4.15. The van der Waals surface area contributed by atoms with Crippen molar-refractivity contribution in [1.82, 2.24) is 0 Å². The fraction of sp³-hybridized carbons (Fsp3) is 0.333. The molecule has 2 aromatic rings. The second-order valence-electron chi connectivity index (χ2n) is 5.29. The average molecular weight is 301 g/mol. The van der Waals surface area contributed by atoms with E-state index in [1.54, 1.807) is 14.2 Å². The first-order valence-corrected chi connectivity index (χ1v) is 7.31. The highest BCUT2D eigenvalue weighted by Gasteiger charge is 2.15. The van der Waals surface area contributed by atoms with Crippen molar-refractivity contribution in [2.24, 2.45) is 5.73 Å². The zero-order valence-corrected chi connectivity index (χ0v) is 13.3. The monoisotopic (exact) mass is 301 g/mol. The van der Waals surface area contributed by atoms with E-state index in [1.165, 1.54) is 0 Å². The predicted molar refractivity (Wildman–Crippen MR) is 87.7 cm³/mol. The lowest BCUT2D eigenvalue weighted by Gasteiger charge is -2.17. The Hall–Kier alpha value is -2.20. The molecule has 2 rings (SSSR count). The summed E-state index contributed by atoms with van der Waals surface area (Å²) in [5.74, 6) is 1.93. The van der Waals surface area contributed by atoms with E-state index in [4.69, 9.17) is 19.9 Å². The molecule has 1 atom stereocenters. The molecule has 118 valence electrons. The highest BCUT2D eigenvalue weighted by molar-refractivity contribution is 5.54. The first-order valence-electron chi connectivity index (χ1n) is 7.31. The van der Waals surface area contributed by atoms with Gasteiger partial charge in [-0.05, 0) is 36.6 Å². The van der Waals surface area contributed by atoms with Gasteiger partial charge < -0.3 is 19.9 Å². The van der Waals surface area contributed by atoms with Gasteiger partial charge in [0, 0.05) is 6.04 Å². The lowest BCUT2D eigenvalue weighted by Crippen LogP contribution is -2.17. The molecule has 0 saturated carbocycles. The van der Waals surface area contributed by atoms with Crippen LogP contribution in [-0.4, -0.2) is 20.3 Å². The fourth-order valence-corrected chi connectivity index (χ4v) is 2.30. The molecule has 0 unspecified atom stereocenters. The summed E-state index contributed by atoms with van der Waals surface area (Å²) in [5, 5.41) is 0. The number of methoxy groups -OCH3 is 2. The molecule has 0 radical (unpaired) electrons. The Morgan fingerprint density at radius 1 is 0.955 bits per heavy atom. The van der Waals surface area contributed by atoms with Crippen LogP contribution in [-0.2, 0) is 13.0 Å². The van der Waals surface area contributed by atoms with Gasteiger partial charge in [0.05, 0.1) is 14.2 Å². The molecule has 0 aliphatic heterocycles. The van der Waals surface area contributed by atoms with Gasteiger partial charge >= 0.3 is 0 Å². The van der Waals surface area contributed by atoms with Crippen molar-refractivity contribution in [3.05, 3.63) is 53.6 Å². The molecule has 2 N–H and O–H groups in total. The van der Waals surface area contributed by atoms with E-state index in [-0.39, 0.29) is 6.04 Å². The summed E-state index contributed by atoms with van der Waals surface area (Å²) in [6.07, 6.45) is 0.756. The molecule has 0 aromatic heterocycles. The zero-order chi connectivity index (χ0) is 15.9. The smallest absolute Gasteiger partial charge is 0.203 e. The molecule has 0 aliphatic rings. The van der Waals surface area contributed by atoms with Crippen molar-refractivity contribution in [2.75, 3.05) is 14.2 Å². The van der Waals surface area contributed by atoms with Crippen molar-refractivity contribution in [2.45, 2.75) is 26.0 Å². The Labute approximate surface area is 131 Å². The minimum atomic E-state index is 0.0745. The maximum absolute atomic E-state index is 5.91. The number of nitrogens with two attached hydrogens (primary N) is 1. The highest BCUT2D eigenvalue weighted by atomic mass is 16.5. The van der Waals surface area contributed by atoms with Crippen LogP contribution in [0.4, 0.5) is 0 Å². The van der Waals surface area contributed by atoms with E-state index in [0.29, 0.717) is 23.9 Å². The van der Waals surface area contributed by atoms with Crippen LogP contribution in [0.2, 0.25) is 0 Å². The Morgan fingerprint density at radius 2 is 1.55 bits per heavy atom. The zero-order valence-electron chi connectivity index (χ0n) is 13.3. The SMILES string of the molecule is COc1cc(C[C@@H](C)N)cc(OC)c1OCc1ccccc1. The Kier molecular flexibility index (Phi) is 5.67. The lowest BCUT2D eigenvalue weighted by atomic mass is 10.1. The Morgan fingerprint density at radius 3 is 2.05 bits per heavy atom. The summed E-state index contributed by atoms with van der Waals surface area (Å²) in [4.78, 5) is 0. The normalized spacial score (nSPS) is 11.8. The molecular formula is C18H23NO3. The van der Waals surface area contributed by atoms with E-state index in [9.17, 15) is 0 Å². The first kappa shape index (κ1) is 16.2. The molecule has 0 bridgehead atoms. The van der Waals surface area contributed by atoms with E-state index >= 15 is 0 Å². The predicted octanol–water partition coefficient (Wildman–Crippen LogP) is 3.17. The molecular weight excluding hydrogens is 278 g/mol. The molecule has 0 fully saturated rings. The molecule has 0 amide bonds. The molecule has 0 spiro atoms. The van der Waals surface area contributed by atoms with Crippen molar-refractivity contribution in [1.29, 1.82) is 0 Å². The summed E-state index contributed by atoms with van der Waals surface area (Å²) >= 11 is 0. The van der Waals surface area contributed by atoms with Crippen molar-refractivity contribution >= 4 is 0 Å². The number of benzene rings is 2. The maximum Gasteiger partial charge on any atom is 0.203 e. The fourth-order valence-electron chi connectivity index (χ4n) is 2.30. The molecule has 0 heterocycles. The van der Waals surface area contributed by atoms with Crippen LogP contribution in [0, 0.1) is 0 Å². The summed E-state index contributed by atoms with van der Waals surface area (Å²) in [7, 11) is 3.25. The number of hydrogen-bond acceptors (Lipinski definition) is 4. The molecule has 0 saturated heterocycles. The van der Waals surface area contributed by atoms with Crippen molar-refractivity contribution in [3.63, 3.8) is 0 Å². The number of ether oxygens (including phenoxy) is 3. The minimum Gasteiger partial charge on any atom is -0.493 e. The first-order chi connectivity index (χ1) is 10.6. The number of rotatable bonds is 7. The second-order valence-corrected chi connectivity index (χ2v) is 5.29. The molecule has 22 heavy (non-hydrogen) atoms.